The van der Waals surface area contributed by atoms with E-state index in [1.54, 1.807) is 18.2 Å². The van der Waals surface area contributed by atoms with Crippen LogP contribution in [0.3, 0.4) is 0 Å². The van der Waals surface area contributed by atoms with Gasteiger partial charge in [0.05, 0.1) is 7.11 Å². The number of benzene rings is 1. The Hall–Kier alpha value is -0.520. The second-order valence-electron chi connectivity index (χ2n) is 2.27. The van der Waals surface area contributed by atoms with Gasteiger partial charge in [0.15, 0.2) is 0 Å². The molecule has 0 amide bonds. The second kappa shape index (κ2) is 4.13. The largest absolute Gasteiger partial charge is 0.297 e. The van der Waals surface area contributed by atoms with Gasteiger partial charge in [0.1, 0.15) is 4.90 Å². The Morgan fingerprint density at radius 3 is 2.46 bits per heavy atom. The molecular formula is C8H10O3S2. The Labute approximate surface area is 82.2 Å². The first-order valence-electron chi connectivity index (χ1n) is 3.55. The van der Waals surface area contributed by atoms with Crippen LogP contribution in [-0.4, -0.2) is 21.8 Å². The van der Waals surface area contributed by atoms with Gasteiger partial charge in [0.25, 0.3) is 10.1 Å². The van der Waals surface area contributed by atoms with E-state index in [1.165, 1.54) is 17.8 Å². The van der Waals surface area contributed by atoms with Crippen molar-refractivity contribution >= 4 is 21.9 Å². The minimum Gasteiger partial charge on any atom is -0.270 e. The lowest BCUT2D eigenvalue weighted by Crippen LogP contribution is -2.03. The van der Waals surface area contributed by atoms with Crippen molar-refractivity contribution in [3.63, 3.8) is 0 Å². The molecule has 72 valence electrons. The lowest BCUT2D eigenvalue weighted by Gasteiger charge is -2.05. The molecule has 3 nitrogen and oxygen atoms in total. The lowest BCUT2D eigenvalue weighted by molar-refractivity contribution is 0.396. The normalized spacial score (nSPS) is 11.5. The molecular weight excluding hydrogens is 208 g/mol. The Morgan fingerprint density at radius 2 is 1.92 bits per heavy atom. The number of hydrogen-bond acceptors (Lipinski definition) is 4. The van der Waals surface area contributed by atoms with E-state index in [0.29, 0.717) is 4.90 Å². The molecule has 0 atom stereocenters. The zero-order chi connectivity index (χ0) is 9.90. The van der Waals surface area contributed by atoms with Gasteiger partial charge in [-0.3, -0.25) is 4.18 Å². The predicted molar refractivity (Wildman–Crippen MR) is 52.4 cm³/mol. The molecule has 13 heavy (non-hydrogen) atoms. The molecule has 0 aliphatic heterocycles. The van der Waals surface area contributed by atoms with Gasteiger partial charge in [0.2, 0.25) is 0 Å². The van der Waals surface area contributed by atoms with E-state index in [4.69, 9.17) is 0 Å². The topological polar surface area (TPSA) is 43.4 Å². The van der Waals surface area contributed by atoms with Crippen molar-refractivity contribution in [2.45, 2.75) is 9.79 Å². The fraction of sp³-hybridized carbons (Fsp3) is 0.250. The third-order valence-corrected chi connectivity index (χ3v) is 3.82. The summed E-state index contributed by atoms with van der Waals surface area (Å²) in [4.78, 5) is 0.925. The summed E-state index contributed by atoms with van der Waals surface area (Å²) in [5.41, 5.74) is 0. The maximum absolute atomic E-state index is 11.3. The molecule has 0 heterocycles. The second-order valence-corrected chi connectivity index (χ2v) is 4.80. The molecule has 0 spiro atoms. The summed E-state index contributed by atoms with van der Waals surface area (Å²) in [6.45, 7) is 0. The van der Waals surface area contributed by atoms with E-state index in [1.807, 2.05) is 6.26 Å². The first-order valence-corrected chi connectivity index (χ1v) is 6.19. The van der Waals surface area contributed by atoms with Crippen LogP contribution in [0.5, 0.6) is 0 Å². The van der Waals surface area contributed by atoms with Gasteiger partial charge >= 0.3 is 0 Å². The van der Waals surface area contributed by atoms with Crippen molar-refractivity contribution in [2.24, 2.45) is 0 Å². The summed E-state index contributed by atoms with van der Waals surface area (Å²) < 4.78 is 27.1. The Bertz CT molecular complexity index is 384. The highest BCUT2D eigenvalue weighted by Crippen LogP contribution is 2.24. The average molecular weight is 218 g/mol. The van der Waals surface area contributed by atoms with Gasteiger partial charge in [-0.1, -0.05) is 12.1 Å². The molecule has 1 aromatic rings. The number of thioether (sulfide) groups is 1. The number of hydrogen-bond donors (Lipinski definition) is 0. The van der Waals surface area contributed by atoms with Crippen LogP contribution in [0, 0.1) is 0 Å². The van der Waals surface area contributed by atoms with Crippen molar-refractivity contribution < 1.29 is 12.6 Å². The van der Waals surface area contributed by atoms with Crippen LogP contribution in [0.4, 0.5) is 0 Å². The minimum atomic E-state index is -3.56. The first-order chi connectivity index (χ1) is 6.11. The van der Waals surface area contributed by atoms with Crippen molar-refractivity contribution in [3.8, 4) is 0 Å². The van der Waals surface area contributed by atoms with Gasteiger partial charge in [-0.05, 0) is 18.4 Å². The fourth-order valence-corrected chi connectivity index (χ4v) is 2.69. The molecule has 5 heteroatoms. The lowest BCUT2D eigenvalue weighted by atomic mass is 10.4. The molecule has 0 saturated heterocycles. The maximum Gasteiger partial charge on any atom is 0.297 e. The smallest absolute Gasteiger partial charge is 0.270 e. The summed E-state index contributed by atoms with van der Waals surface area (Å²) in [6.07, 6.45) is 1.82. The summed E-state index contributed by atoms with van der Waals surface area (Å²) in [6, 6.07) is 6.74. The molecule has 0 fully saturated rings. The third-order valence-electron chi connectivity index (χ3n) is 1.56. The molecule has 0 aromatic heterocycles. The SMILES string of the molecule is COS(=O)(=O)c1ccccc1SC. The molecule has 0 unspecified atom stereocenters. The highest BCUT2D eigenvalue weighted by atomic mass is 32.2. The van der Waals surface area contributed by atoms with E-state index in [9.17, 15) is 8.42 Å². The Morgan fingerprint density at radius 1 is 1.31 bits per heavy atom. The van der Waals surface area contributed by atoms with E-state index < -0.39 is 10.1 Å². The van der Waals surface area contributed by atoms with Gasteiger partial charge in [0, 0.05) is 4.90 Å². The van der Waals surface area contributed by atoms with Crippen molar-refractivity contribution in [2.75, 3.05) is 13.4 Å². The van der Waals surface area contributed by atoms with Crippen LogP contribution in [0.2, 0.25) is 0 Å². The highest BCUT2D eigenvalue weighted by molar-refractivity contribution is 7.99. The summed E-state index contributed by atoms with van der Waals surface area (Å²) in [5, 5.41) is 0. The van der Waals surface area contributed by atoms with Crippen LogP contribution in [0.25, 0.3) is 0 Å². The monoisotopic (exact) mass is 218 g/mol. The number of rotatable bonds is 3. The molecule has 1 aromatic carbocycles. The summed E-state index contributed by atoms with van der Waals surface area (Å²) in [5.74, 6) is 0. The molecule has 0 radical (unpaired) electrons. The third kappa shape index (κ3) is 2.24. The van der Waals surface area contributed by atoms with Crippen molar-refractivity contribution in [3.05, 3.63) is 24.3 Å². The predicted octanol–water partition coefficient (Wildman–Crippen LogP) is 1.74. The van der Waals surface area contributed by atoms with Crippen LogP contribution < -0.4 is 0 Å². The van der Waals surface area contributed by atoms with Gasteiger partial charge in [-0.2, -0.15) is 8.42 Å². The minimum absolute atomic E-state index is 0.227. The van der Waals surface area contributed by atoms with Gasteiger partial charge in [-0.15, -0.1) is 11.8 Å². The zero-order valence-electron chi connectivity index (χ0n) is 7.35. The first kappa shape index (κ1) is 10.6. The quantitative estimate of drug-likeness (QED) is 0.572. The maximum atomic E-state index is 11.3. The molecule has 0 aliphatic carbocycles. The average Bonchev–Trinajstić information content (AvgIpc) is 2.18. The van der Waals surface area contributed by atoms with Gasteiger partial charge in [-0.25, -0.2) is 0 Å². The molecule has 0 aliphatic rings. The van der Waals surface area contributed by atoms with Crippen molar-refractivity contribution in [1.82, 2.24) is 0 Å². The van der Waals surface area contributed by atoms with E-state index in [-0.39, 0.29) is 4.90 Å². The van der Waals surface area contributed by atoms with E-state index in [2.05, 4.69) is 4.18 Å². The zero-order valence-corrected chi connectivity index (χ0v) is 8.98. The molecule has 1 rings (SSSR count). The molecule has 0 N–H and O–H groups in total. The summed E-state index contributed by atoms with van der Waals surface area (Å²) >= 11 is 1.38. The highest BCUT2D eigenvalue weighted by Gasteiger charge is 2.16. The van der Waals surface area contributed by atoms with Crippen LogP contribution >= 0.6 is 11.8 Å². The Kier molecular flexibility index (Phi) is 3.35. The van der Waals surface area contributed by atoms with Crippen LogP contribution in [0.15, 0.2) is 34.1 Å². The van der Waals surface area contributed by atoms with Crippen LogP contribution in [0.1, 0.15) is 0 Å². The molecule has 0 saturated carbocycles. The Balaban J connectivity index is 3.29. The van der Waals surface area contributed by atoms with E-state index >= 15 is 0 Å². The fourth-order valence-electron chi connectivity index (χ4n) is 0.915. The van der Waals surface area contributed by atoms with Crippen molar-refractivity contribution in [1.29, 1.82) is 0 Å². The molecule has 0 bridgehead atoms. The summed E-state index contributed by atoms with van der Waals surface area (Å²) in [7, 11) is -2.40. The van der Waals surface area contributed by atoms with E-state index in [0.717, 1.165) is 7.11 Å². The standard InChI is InChI=1S/C8H10O3S2/c1-11-13(9,10)8-6-4-3-5-7(8)12-2/h3-6H,1-2H3. The van der Waals surface area contributed by atoms with Crippen LogP contribution in [-0.2, 0) is 14.3 Å². The van der Waals surface area contributed by atoms with Gasteiger partial charge < -0.3 is 0 Å².